The molecule has 27 heavy (non-hydrogen) atoms. The molecule has 1 aliphatic rings. The molecule has 1 atom stereocenters. The number of anilines is 2. The van der Waals surface area contributed by atoms with Gasteiger partial charge in [0.25, 0.3) is 0 Å². The van der Waals surface area contributed by atoms with Crippen molar-refractivity contribution in [2.75, 3.05) is 42.7 Å². The molecule has 0 spiro atoms. The Kier molecular flexibility index (Phi) is 6.23. The molecule has 3 rings (SSSR count). The van der Waals surface area contributed by atoms with E-state index in [0.717, 1.165) is 36.5 Å². The van der Waals surface area contributed by atoms with E-state index in [4.69, 9.17) is 9.47 Å². The minimum absolute atomic E-state index is 0.0305. The molecule has 1 unspecified atom stereocenters. The molecule has 0 bridgehead atoms. The molecule has 2 aromatic rings. The van der Waals surface area contributed by atoms with E-state index in [-0.39, 0.29) is 11.9 Å². The number of nitrogens with zero attached hydrogens (tertiary/aromatic N) is 1. The van der Waals surface area contributed by atoms with Gasteiger partial charge in [-0.25, -0.2) is 8.42 Å². The fourth-order valence-corrected chi connectivity index (χ4v) is 4.27. The highest BCUT2D eigenvalue weighted by molar-refractivity contribution is 7.92. The molecule has 0 aliphatic carbocycles. The zero-order chi connectivity index (χ0) is 19.3. The van der Waals surface area contributed by atoms with Crippen LogP contribution in [0.1, 0.15) is 12.0 Å². The molecule has 6 nitrogen and oxygen atoms in total. The van der Waals surface area contributed by atoms with E-state index in [1.165, 1.54) is 0 Å². The first-order valence-corrected chi connectivity index (χ1v) is 10.7. The Bertz CT molecular complexity index is 835. The van der Waals surface area contributed by atoms with Gasteiger partial charge in [-0.05, 0) is 54.8 Å². The van der Waals surface area contributed by atoms with Gasteiger partial charge in [0.2, 0.25) is 10.0 Å². The quantitative estimate of drug-likeness (QED) is 0.751. The zero-order valence-electron chi connectivity index (χ0n) is 15.7. The van der Waals surface area contributed by atoms with Crippen molar-refractivity contribution in [2.24, 2.45) is 0 Å². The number of hydrogen-bond acceptors (Lipinski definition) is 5. The van der Waals surface area contributed by atoms with Gasteiger partial charge in [-0.15, -0.1) is 0 Å². The van der Waals surface area contributed by atoms with E-state index in [0.29, 0.717) is 12.1 Å². The number of ether oxygens (including phenoxy) is 2. The van der Waals surface area contributed by atoms with E-state index in [1.54, 1.807) is 26.4 Å². The molecule has 146 valence electrons. The Morgan fingerprint density at radius 2 is 1.78 bits per heavy atom. The lowest BCUT2D eigenvalue weighted by Gasteiger charge is -2.18. The van der Waals surface area contributed by atoms with Crippen molar-refractivity contribution in [3.8, 4) is 5.75 Å². The van der Waals surface area contributed by atoms with Crippen LogP contribution in [0.4, 0.5) is 11.4 Å². The third-order valence-corrected chi connectivity index (χ3v) is 6.09. The molecule has 7 heteroatoms. The van der Waals surface area contributed by atoms with Gasteiger partial charge in [0, 0.05) is 31.6 Å². The van der Waals surface area contributed by atoms with Crippen LogP contribution in [-0.2, 0) is 21.2 Å². The maximum Gasteiger partial charge on any atom is 0.233 e. The summed E-state index contributed by atoms with van der Waals surface area (Å²) in [6, 6.07) is 14.9. The maximum absolute atomic E-state index is 12.4. The van der Waals surface area contributed by atoms with Gasteiger partial charge in [-0.1, -0.05) is 12.1 Å². The number of aryl methyl sites for hydroxylation is 1. The number of rotatable bonds is 8. The summed E-state index contributed by atoms with van der Waals surface area (Å²) in [6.07, 6.45) is 1.72. The molecule has 1 saturated heterocycles. The first-order chi connectivity index (χ1) is 13.0. The predicted molar refractivity (Wildman–Crippen MR) is 108 cm³/mol. The van der Waals surface area contributed by atoms with Crippen LogP contribution >= 0.6 is 0 Å². The monoisotopic (exact) mass is 390 g/mol. The van der Waals surface area contributed by atoms with Crippen LogP contribution in [0.5, 0.6) is 5.75 Å². The standard InChI is InChI=1S/C20H26N2O4S/c1-25-19-9-3-16(4-10-19)12-14-27(23,24)21-17-5-7-18(8-6-17)22-13-11-20(15-22)26-2/h3-10,20-21H,11-15H2,1-2H3. The maximum atomic E-state index is 12.4. The summed E-state index contributed by atoms with van der Waals surface area (Å²) in [6.45, 7) is 1.81. The van der Waals surface area contributed by atoms with E-state index in [9.17, 15) is 8.42 Å². The van der Waals surface area contributed by atoms with Gasteiger partial charge in [0.15, 0.2) is 0 Å². The first-order valence-electron chi connectivity index (χ1n) is 9.00. The Morgan fingerprint density at radius 3 is 2.37 bits per heavy atom. The summed E-state index contributed by atoms with van der Waals surface area (Å²) < 4.78 is 37.9. The Hall–Kier alpha value is -2.25. The van der Waals surface area contributed by atoms with Gasteiger partial charge in [0.1, 0.15) is 5.75 Å². The molecule has 0 saturated carbocycles. The SMILES string of the molecule is COc1ccc(CCS(=O)(=O)Nc2ccc(N3CCC(OC)C3)cc2)cc1. The lowest BCUT2D eigenvalue weighted by atomic mass is 10.2. The number of methoxy groups -OCH3 is 2. The van der Waals surface area contributed by atoms with Crippen LogP contribution in [0.15, 0.2) is 48.5 Å². The summed E-state index contributed by atoms with van der Waals surface area (Å²) in [5.41, 5.74) is 2.62. The van der Waals surface area contributed by atoms with Crippen molar-refractivity contribution in [3.63, 3.8) is 0 Å². The van der Waals surface area contributed by atoms with Crippen molar-refractivity contribution < 1.29 is 17.9 Å². The molecule has 0 amide bonds. The first kappa shape index (κ1) is 19.5. The average Bonchev–Trinajstić information content (AvgIpc) is 3.16. The van der Waals surface area contributed by atoms with E-state index in [1.807, 2.05) is 36.4 Å². The van der Waals surface area contributed by atoms with Gasteiger partial charge in [-0.2, -0.15) is 0 Å². The number of sulfonamides is 1. The van der Waals surface area contributed by atoms with Crippen LogP contribution in [0.2, 0.25) is 0 Å². The number of benzene rings is 2. The summed E-state index contributed by atoms with van der Waals surface area (Å²) >= 11 is 0. The molecule has 1 N–H and O–H groups in total. The molecule has 0 aromatic heterocycles. The molecular formula is C20H26N2O4S. The minimum atomic E-state index is -3.41. The molecule has 0 radical (unpaired) electrons. The second-order valence-corrected chi connectivity index (χ2v) is 8.50. The Balaban J connectivity index is 1.55. The fraction of sp³-hybridized carbons (Fsp3) is 0.400. The molecule has 2 aromatic carbocycles. The van der Waals surface area contributed by atoms with E-state index >= 15 is 0 Å². The predicted octanol–water partition coefficient (Wildman–Crippen LogP) is 2.90. The largest absolute Gasteiger partial charge is 0.497 e. The Morgan fingerprint density at radius 1 is 1.07 bits per heavy atom. The van der Waals surface area contributed by atoms with Crippen LogP contribution in [0.25, 0.3) is 0 Å². The summed E-state index contributed by atoms with van der Waals surface area (Å²) in [5.74, 6) is 0.789. The second-order valence-electron chi connectivity index (χ2n) is 6.66. The smallest absolute Gasteiger partial charge is 0.233 e. The lowest BCUT2D eigenvalue weighted by molar-refractivity contribution is 0.121. The van der Waals surface area contributed by atoms with Crippen molar-refractivity contribution >= 4 is 21.4 Å². The van der Waals surface area contributed by atoms with E-state index < -0.39 is 10.0 Å². The highest BCUT2D eigenvalue weighted by atomic mass is 32.2. The van der Waals surface area contributed by atoms with Crippen molar-refractivity contribution in [1.82, 2.24) is 0 Å². The number of hydrogen-bond donors (Lipinski definition) is 1. The Labute approximate surface area is 161 Å². The van der Waals surface area contributed by atoms with Gasteiger partial charge in [0.05, 0.1) is 19.0 Å². The topological polar surface area (TPSA) is 67.9 Å². The van der Waals surface area contributed by atoms with Gasteiger partial charge < -0.3 is 14.4 Å². The normalized spacial score (nSPS) is 17.1. The van der Waals surface area contributed by atoms with Gasteiger partial charge in [-0.3, -0.25) is 4.72 Å². The van der Waals surface area contributed by atoms with Crippen molar-refractivity contribution in [2.45, 2.75) is 18.9 Å². The van der Waals surface area contributed by atoms with Crippen LogP contribution in [0.3, 0.4) is 0 Å². The van der Waals surface area contributed by atoms with Crippen LogP contribution in [-0.4, -0.2) is 47.6 Å². The lowest BCUT2D eigenvalue weighted by Crippen LogP contribution is -2.22. The third kappa shape index (κ3) is 5.37. The number of nitrogens with one attached hydrogen (secondary N) is 1. The van der Waals surface area contributed by atoms with Crippen LogP contribution < -0.4 is 14.4 Å². The average molecular weight is 391 g/mol. The van der Waals surface area contributed by atoms with Crippen molar-refractivity contribution in [1.29, 1.82) is 0 Å². The molecule has 1 fully saturated rings. The van der Waals surface area contributed by atoms with Crippen molar-refractivity contribution in [3.05, 3.63) is 54.1 Å². The van der Waals surface area contributed by atoms with Gasteiger partial charge >= 0.3 is 0 Å². The third-order valence-electron chi connectivity index (χ3n) is 4.80. The summed E-state index contributed by atoms with van der Waals surface area (Å²) in [5, 5.41) is 0. The highest BCUT2D eigenvalue weighted by Crippen LogP contribution is 2.24. The summed E-state index contributed by atoms with van der Waals surface area (Å²) in [7, 11) is -0.0684. The van der Waals surface area contributed by atoms with Crippen LogP contribution in [0, 0.1) is 0 Å². The summed E-state index contributed by atoms with van der Waals surface area (Å²) in [4.78, 5) is 2.25. The zero-order valence-corrected chi connectivity index (χ0v) is 16.5. The molecule has 1 aliphatic heterocycles. The fourth-order valence-electron chi connectivity index (χ4n) is 3.17. The molecule has 1 heterocycles. The van der Waals surface area contributed by atoms with E-state index in [2.05, 4.69) is 9.62 Å². The molecular weight excluding hydrogens is 364 g/mol. The highest BCUT2D eigenvalue weighted by Gasteiger charge is 2.22. The minimum Gasteiger partial charge on any atom is -0.497 e. The second kappa shape index (κ2) is 8.63.